The molecule has 1 aromatic carbocycles. The Hall–Kier alpha value is -0.590. The van der Waals surface area contributed by atoms with E-state index >= 15 is 0 Å². The quantitative estimate of drug-likeness (QED) is 0.715. The van der Waals surface area contributed by atoms with Crippen LogP contribution in [0.5, 0.6) is 0 Å². The second-order valence-electron chi connectivity index (χ2n) is 4.23. The van der Waals surface area contributed by atoms with E-state index in [9.17, 15) is 4.57 Å². The Morgan fingerprint density at radius 2 is 1.93 bits per heavy atom. The molecule has 0 aromatic heterocycles. The van der Waals surface area contributed by atoms with Crippen molar-refractivity contribution in [2.24, 2.45) is 11.7 Å². The van der Waals surface area contributed by atoms with Crippen LogP contribution >= 0.6 is 7.14 Å². The first-order chi connectivity index (χ1) is 6.62. The molecule has 3 heteroatoms. The lowest BCUT2D eigenvalue weighted by Gasteiger charge is -2.10. The van der Waals surface area contributed by atoms with Crippen LogP contribution in [0.15, 0.2) is 30.3 Å². The van der Waals surface area contributed by atoms with E-state index in [1.165, 1.54) is 0 Å². The van der Waals surface area contributed by atoms with Crippen LogP contribution in [0.25, 0.3) is 0 Å². The van der Waals surface area contributed by atoms with Gasteiger partial charge in [-0.25, -0.2) is 0 Å². The first-order valence-corrected chi connectivity index (χ1v) is 7.09. The van der Waals surface area contributed by atoms with Crippen LogP contribution in [0, 0.1) is 5.92 Å². The van der Waals surface area contributed by atoms with E-state index < -0.39 is 7.14 Å². The molecule has 0 aliphatic carbocycles. The summed E-state index contributed by atoms with van der Waals surface area (Å²) in [5.41, 5.74) is 5.92. The summed E-state index contributed by atoms with van der Waals surface area (Å²) < 4.78 is 12.6. The lowest BCUT2D eigenvalue weighted by Crippen LogP contribution is -2.26. The molecule has 0 amide bonds. The van der Waals surface area contributed by atoms with Gasteiger partial charge < -0.3 is 10.3 Å². The Labute approximate surface area is 84.9 Å². The number of hydrogen-bond acceptors (Lipinski definition) is 2. The van der Waals surface area contributed by atoms with E-state index in [-0.39, 0.29) is 6.04 Å². The molecule has 3 unspecified atom stereocenters. The van der Waals surface area contributed by atoms with Crippen LogP contribution in [0.2, 0.25) is 0 Å². The van der Waals surface area contributed by atoms with Crippen LogP contribution in [-0.2, 0) is 4.57 Å². The van der Waals surface area contributed by atoms with Crippen LogP contribution in [0.1, 0.15) is 6.92 Å². The highest BCUT2D eigenvalue weighted by atomic mass is 31.2. The standard InChI is InChI=1S/C11H16NOP/c1-9-7-14(13,8-11(9)12)10-5-3-2-4-6-10/h2-6,9,11H,7-8,12H2,1H3. The highest BCUT2D eigenvalue weighted by molar-refractivity contribution is 7.72. The molecule has 3 atom stereocenters. The summed E-state index contributed by atoms with van der Waals surface area (Å²) >= 11 is 0. The minimum Gasteiger partial charge on any atom is -0.327 e. The molecule has 0 bridgehead atoms. The largest absolute Gasteiger partial charge is 0.327 e. The molecule has 76 valence electrons. The van der Waals surface area contributed by atoms with E-state index in [4.69, 9.17) is 5.73 Å². The average Bonchev–Trinajstić information content (AvgIpc) is 2.44. The summed E-state index contributed by atoms with van der Waals surface area (Å²) in [5, 5.41) is 1.000. The van der Waals surface area contributed by atoms with E-state index in [0.717, 1.165) is 11.5 Å². The first-order valence-electron chi connectivity index (χ1n) is 5.01. The molecule has 14 heavy (non-hydrogen) atoms. The Kier molecular flexibility index (Phi) is 2.50. The molecule has 1 aromatic rings. The third-order valence-electron chi connectivity index (χ3n) is 3.05. The fourth-order valence-corrected chi connectivity index (χ4v) is 5.63. The summed E-state index contributed by atoms with van der Waals surface area (Å²) in [7, 11) is -2.16. The normalized spacial score (nSPS) is 37.3. The summed E-state index contributed by atoms with van der Waals surface area (Å²) in [6.07, 6.45) is 1.45. The highest BCUT2D eigenvalue weighted by Crippen LogP contribution is 2.52. The van der Waals surface area contributed by atoms with Crippen molar-refractivity contribution in [3.05, 3.63) is 30.3 Å². The molecule has 2 nitrogen and oxygen atoms in total. The minimum atomic E-state index is -2.16. The van der Waals surface area contributed by atoms with Gasteiger partial charge in [0, 0.05) is 23.7 Å². The number of benzene rings is 1. The average molecular weight is 209 g/mol. The number of nitrogens with two attached hydrogens (primary N) is 1. The van der Waals surface area contributed by atoms with Gasteiger partial charge in [0.15, 0.2) is 0 Å². The smallest absolute Gasteiger partial charge is 0.117 e. The van der Waals surface area contributed by atoms with Gasteiger partial charge in [-0.2, -0.15) is 0 Å². The van der Waals surface area contributed by atoms with Crippen molar-refractivity contribution in [3.63, 3.8) is 0 Å². The third-order valence-corrected chi connectivity index (χ3v) is 6.46. The van der Waals surface area contributed by atoms with E-state index in [1.807, 2.05) is 30.3 Å². The van der Waals surface area contributed by atoms with Gasteiger partial charge in [-0.3, -0.25) is 0 Å². The second-order valence-corrected chi connectivity index (χ2v) is 7.26. The Balaban J connectivity index is 2.32. The van der Waals surface area contributed by atoms with Crippen molar-refractivity contribution < 1.29 is 4.57 Å². The molecule has 1 aliphatic heterocycles. The predicted molar refractivity (Wildman–Crippen MR) is 60.6 cm³/mol. The predicted octanol–water partition coefficient (Wildman–Crippen LogP) is 1.65. The van der Waals surface area contributed by atoms with Gasteiger partial charge >= 0.3 is 0 Å². The fraction of sp³-hybridized carbons (Fsp3) is 0.455. The maximum atomic E-state index is 12.6. The molecule has 0 saturated carbocycles. The molecule has 1 saturated heterocycles. The Morgan fingerprint density at radius 3 is 2.43 bits per heavy atom. The van der Waals surface area contributed by atoms with Crippen LogP contribution in [-0.4, -0.2) is 18.4 Å². The minimum absolute atomic E-state index is 0.112. The zero-order valence-corrected chi connectivity index (χ0v) is 9.28. The Morgan fingerprint density at radius 1 is 1.29 bits per heavy atom. The van der Waals surface area contributed by atoms with Crippen molar-refractivity contribution in [2.75, 3.05) is 12.3 Å². The summed E-state index contributed by atoms with van der Waals surface area (Å²) in [5.74, 6) is 0.390. The third kappa shape index (κ3) is 1.65. The molecular weight excluding hydrogens is 193 g/mol. The maximum absolute atomic E-state index is 12.6. The zero-order valence-electron chi connectivity index (χ0n) is 8.39. The molecule has 0 radical (unpaired) electrons. The SMILES string of the molecule is CC1CP(=O)(c2ccccc2)CC1N. The van der Waals surface area contributed by atoms with Crippen molar-refractivity contribution >= 4 is 12.4 Å². The molecule has 2 N–H and O–H groups in total. The molecule has 1 heterocycles. The topological polar surface area (TPSA) is 43.1 Å². The monoisotopic (exact) mass is 209 g/mol. The highest BCUT2D eigenvalue weighted by Gasteiger charge is 2.38. The van der Waals surface area contributed by atoms with E-state index in [1.54, 1.807) is 0 Å². The molecule has 0 spiro atoms. The zero-order chi connectivity index (χ0) is 10.2. The van der Waals surface area contributed by atoms with Gasteiger partial charge in [-0.15, -0.1) is 0 Å². The first kappa shape index (κ1) is 9.95. The molecular formula is C11H16NOP. The lowest BCUT2D eigenvalue weighted by molar-refractivity contribution is 0.566. The summed E-state index contributed by atoms with van der Waals surface area (Å²) in [4.78, 5) is 0. The second kappa shape index (κ2) is 3.52. The van der Waals surface area contributed by atoms with Gasteiger partial charge in [0.25, 0.3) is 0 Å². The molecule has 1 fully saturated rings. The summed E-state index contributed by atoms with van der Waals surface area (Å²) in [6, 6.07) is 9.89. The fourth-order valence-electron chi connectivity index (χ4n) is 2.11. The summed E-state index contributed by atoms with van der Waals surface area (Å²) in [6.45, 7) is 2.09. The van der Waals surface area contributed by atoms with Crippen molar-refractivity contribution in [1.82, 2.24) is 0 Å². The Bertz CT molecular complexity index is 349. The van der Waals surface area contributed by atoms with E-state index in [0.29, 0.717) is 12.1 Å². The van der Waals surface area contributed by atoms with Crippen molar-refractivity contribution in [3.8, 4) is 0 Å². The van der Waals surface area contributed by atoms with Gasteiger partial charge in [0.2, 0.25) is 0 Å². The number of hydrogen-bond donors (Lipinski definition) is 1. The molecule has 1 aliphatic rings. The van der Waals surface area contributed by atoms with Crippen LogP contribution in [0.4, 0.5) is 0 Å². The van der Waals surface area contributed by atoms with Gasteiger partial charge in [0.1, 0.15) is 7.14 Å². The van der Waals surface area contributed by atoms with Gasteiger partial charge in [-0.1, -0.05) is 37.3 Å². The van der Waals surface area contributed by atoms with Crippen LogP contribution < -0.4 is 11.0 Å². The van der Waals surface area contributed by atoms with Crippen LogP contribution in [0.3, 0.4) is 0 Å². The number of rotatable bonds is 1. The van der Waals surface area contributed by atoms with Gasteiger partial charge in [0.05, 0.1) is 0 Å². The van der Waals surface area contributed by atoms with Crippen molar-refractivity contribution in [2.45, 2.75) is 13.0 Å². The van der Waals surface area contributed by atoms with Crippen molar-refractivity contribution in [1.29, 1.82) is 0 Å². The van der Waals surface area contributed by atoms with E-state index in [2.05, 4.69) is 6.92 Å². The maximum Gasteiger partial charge on any atom is 0.117 e. The van der Waals surface area contributed by atoms with Gasteiger partial charge in [-0.05, 0) is 5.92 Å². The molecule has 2 rings (SSSR count). The lowest BCUT2D eigenvalue weighted by atomic mass is 10.1.